The molecule has 0 saturated carbocycles. The third-order valence-electron chi connectivity index (χ3n) is 6.04. The van der Waals surface area contributed by atoms with E-state index in [1.165, 1.54) is 6.07 Å². The molecule has 1 amide bonds. The van der Waals surface area contributed by atoms with Crippen molar-refractivity contribution in [1.82, 2.24) is 14.8 Å². The van der Waals surface area contributed by atoms with E-state index in [0.29, 0.717) is 18.5 Å². The van der Waals surface area contributed by atoms with Crippen molar-refractivity contribution < 1.29 is 14.3 Å². The van der Waals surface area contributed by atoms with Crippen LogP contribution in [0.5, 0.6) is 0 Å². The fraction of sp³-hybridized carbons (Fsp3) is 0.476. The number of carbonyl (C=O) groups is 1. The van der Waals surface area contributed by atoms with Crippen molar-refractivity contribution in [2.24, 2.45) is 13.0 Å². The summed E-state index contributed by atoms with van der Waals surface area (Å²) in [5, 5.41) is 13.2. The van der Waals surface area contributed by atoms with Gasteiger partial charge in [0.2, 0.25) is 5.91 Å². The Bertz CT molecular complexity index is 929. The van der Waals surface area contributed by atoms with Crippen LogP contribution in [0.2, 0.25) is 0 Å². The number of aryl methyl sites for hydroxylation is 1. The number of hydrogen-bond acceptors (Lipinski definition) is 3. The minimum Gasteiger partial charge on any atom is -0.394 e. The van der Waals surface area contributed by atoms with Gasteiger partial charge in [0.25, 0.3) is 0 Å². The second kappa shape index (κ2) is 6.77. The third kappa shape index (κ3) is 2.87. The molecule has 0 spiro atoms. The summed E-state index contributed by atoms with van der Waals surface area (Å²) in [6.07, 6.45) is 5.52. The molecular formula is C21H26FN3O2. The molecule has 0 saturated heterocycles. The van der Waals surface area contributed by atoms with Crippen LogP contribution in [0.15, 0.2) is 24.4 Å². The number of halogens is 1. The molecule has 0 bridgehead atoms. The Morgan fingerprint density at radius 2 is 2.19 bits per heavy atom. The van der Waals surface area contributed by atoms with Crippen LogP contribution in [0.4, 0.5) is 4.39 Å². The quantitative estimate of drug-likeness (QED) is 0.865. The molecule has 3 unspecified atom stereocenters. The van der Waals surface area contributed by atoms with Gasteiger partial charge >= 0.3 is 0 Å². The zero-order valence-electron chi connectivity index (χ0n) is 16.0. The van der Waals surface area contributed by atoms with Gasteiger partial charge in [-0.2, -0.15) is 0 Å². The highest BCUT2D eigenvalue weighted by molar-refractivity contribution is 6.00. The summed E-state index contributed by atoms with van der Waals surface area (Å²) < 4.78 is 16.9. The number of nitrogens with one attached hydrogen (secondary N) is 1. The van der Waals surface area contributed by atoms with Crippen molar-refractivity contribution in [2.45, 2.75) is 31.8 Å². The molecule has 2 N–H and O–H groups in total. The Hall–Kier alpha value is -2.18. The van der Waals surface area contributed by atoms with E-state index in [1.807, 2.05) is 37.7 Å². The summed E-state index contributed by atoms with van der Waals surface area (Å²) in [6, 6.07) is 3.17. The molecule has 2 aliphatic rings. The largest absolute Gasteiger partial charge is 0.394 e. The maximum atomic E-state index is 14.9. The minimum absolute atomic E-state index is 0.0730. The molecule has 1 aliphatic heterocycles. The number of aliphatic hydroxyl groups excluding tert-OH is 1. The number of carbonyl (C=O) groups excluding carboxylic acids is 1. The number of aliphatic hydroxyl groups is 1. The first-order chi connectivity index (χ1) is 12.9. The summed E-state index contributed by atoms with van der Waals surface area (Å²) in [7, 11) is 3.98. The Labute approximate surface area is 158 Å². The van der Waals surface area contributed by atoms with Crippen LogP contribution in [0.25, 0.3) is 16.5 Å². The van der Waals surface area contributed by atoms with Gasteiger partial charge in [-0.25, -0.2) is 4.39 Å². The smallest absolute Gasteiger partial charge is 0.228 e. The van der Waals surface area contributed by atoms with Crippen LogP contribution in [0.1, 0.15) is 24.5 Å². The molecule has 1 aliphatic carbocycles. The van der Waals surface area contributed by atoms with E-state index in [0.717, 1.165) is 28.5 Å². The average molecular weight is 371 g/mol. The number of benzene rings is 1. The van der Waals surface area contributed by atoms with Crippen molar-refractivity contribution in [2.75, 3.05) is 20.2 Å². The molecule has 0 radical (unpaired) electrons. The number of amides is 1. The van der Waals surface area contributed by atoms with Crippen LogP contribution >= 0.6 is 0 Å². The SMILES string of the molecule is CCC(CO)NC(=O)C1C=C2c3c(F)ccc4c3c(cn4C)CC2N(C)C1. The third-order valence-corrected chi connectivity index (χ3v) is 6.04. The lowest BCUT2D eigenvalue weighted by molar-refractivity contribution is -0.125. The molecule has 1 aromatic carbocycles. The molecular weight excluding hydrogens is 345 g/mol. The maximum absolute atomic E-state index is 14.9. The number of hydrogen-bond donors (Lipinski definition) is 2. The lowest BCUT2D eigenvalue weighted by Gasteiger charge is -2.39. The molecule has 4 rings (SSSR count). The van der Waals surface area contributed by atoms with Gasteiger partial charge in [0.15, 0.2) is 0 Å². The predicted octanol–water partition coefficient (Wildman–Crippen LogP) is 2.07. The zero-order chi connectivity index (χ0) is 19.3. The van der Waals surface area contributed by atoms with Gasteiger partial charge in [0.05, 0.1) is 18.6 Å². The Morgan fingerprint density at radius 1 is 1.41 bits per heavy atom. The second-order valence-corrected chi connectivity index (χ2v) is 7.77. The number of fused-ring (bicyclic) bond motifs is 2. The first kappa shape index (κ1) is 18.2. The van der Waals surface area contributed by atoms with E-state index in [2.05, 4.69) is 16.4 Å². The summed E-state index contributed by atoms with van der Waals surface area (Å²) in [5.74, 6) is -0.705. The molecule has 0 fully saturated rings. The van der Waals surface area contributed by atoms with Gasteiger partial charge in [-0.05, 0) is 43.2 Å². The maximum Gasteiger partial charge on any atom is 0.228 e. The Kier molecular flexibility index (Phi) is 4.56. The van der Waals surface area contributed by atoms with Gasteiger partial charge in [-0.3, -0.25) is 9.69 Å². The number of likely N-dealkylation sites (N-methyl/N-ethyl adjacent to an activating group) is 1. The molecule has 5 nitrogen and oxygen atoms in total. The van der Waals surface area contributed by atoms with E-state index in [1.54, 1.807) is 0 Å². The highest BCUT2D eigenvalue weighted by Crippen LogP contribution is 2.42. The van der Waals surface area contributed by atoms with Gasteiger partial charge in [-0.1, -0.05) is 13.0 Å². The predicted molar refractivity (Wildman–Crippen MR) is 104 cm³/mol. The Balaban J connectivity index is 1.78. The lowest BCUT2D eigenvalue weighted by Crippen LogP contribution is -2.48. The van der Waals surface area contributed by atoms with Crippen LogP contribution in [0.3, 0.4) is 0 Å². The summed E-state index contributed by atoms with van der Waals surface area (Å²) in [4.78, 5) is 14.9. The fourth-order valence-electron chi connectivity index (χ4n) is 4.51. The summed E-state index contributed by atoms with van der Waals surface area (Å²) >= 11 is 0. The summed E-state index contributed by atoms with van der Waals surface area (Å²) in [6.45, 7) is 2.43. The van der Waals surface area contributed by atoms with E-state index >= 15 is 0 Å². The molecule has 2 aromatic rings. The van der Waals surface area contributed by atoms with Crippen LogP contribution < -0.4 is 5.32 Å². The molecule has 6 heteroatoms. The second-order valence-electron chi connectivity index (χ2n) is 7.77. The van der Waals surface area contributed by atoms with Crippen LogP contribution in [0, 0.1) is 11.7 Å². The van der Waals surface area contributed by atoms with Gasteiger partial charge in [-0.15, -0.1) is 0 Å². The monoisotopic (exact) mass is 371 g/mol. The van der Waals surface area contributed by atoms with Crippen LogP contribution in [-0.4, -0.2) is 52.8 Å². The first-order valence-electron chi connectivity index (χ1n) is 9.54. The van der Waals surface area contributed by atoms with Crippen molar-refractivity contribution >= 4 is 22.4 Å². The highest BCUT2D eigenvalue weighted by atomic mass is 19.1. The topological polar surface area (TPSA) is 57.5 Å². The lowest BCUT2D eigenvalue weighted by atomic mass is 9.79. The number of rotatable bonds is 4. The fourth-order valence-corrected chi connectivity index (χ4v) is 4.51. The van der Waals surface area contributed by atoms with Crippen molar-refractivity contribution in [3.63, 3.8) is 0 Å². The zero-order valence-corrected chi connectivity index (χ0v) is 16.0. The van der Waals surface area contributed by atoms with E-state index < -0.39 is 0 Å². The van der Waals surface area contributed by atoms with Crippen molar-refractivity contribution in [3.8, 4) is 0 Å². The molecule has 2 heterocycles. The minimum atomic E-state index is -0.359. The molecule has 1 aromatic heterocycles. The van der Waals surface area contributed by atoms with E-state index in [9.17, 15) is 14.3 Å². The number of nitrogens with zero attached hydrogens (tertiary/aromatic N) is 2. The van der Waals surface area contributed by atoms with Crippen molar-refractivity contribution in [1.29, 1.82) is 0 Å². The summed E-state index contributed by atoms with van der Waals surface area (Å²) in [5.41, 5.74) is 3.71. The molecule has 3 atom stereocenters. The van der Waals surface area contributed by atoms with E-state index in [-0.39, 0.29) is 36.3 Å². The van der Waals surface area contributed by atoms with Gasteiger partial charge < -0.3 is 15.0 Å². The molecule has 27 heavy (non-hydrogen) atoms. The first-order valence-corrected chi connectivity index (χ1v) is 9.54. The average Bonchev–Trinajstić information content (AvgIpc) is 2.97. The van der Waals surface area contributed by atoms with Gasteiger partial charge in [0, 0.05) is 42.3 Å². The van der Waals surface area contributed by atoms with Crippen molar-refractivity contribution in [3.05, 3.63) is 41.3 Å². The standard InChI is InChI=1S/C21H26FN3O2/c1-4-14(11-26)23-21(27)13-7-15-18(25(3)10-13)8-12-9-24(2)17-6-5-16(22)20(15)19(12)17/h5-7,9,13-14,18,26H,4,8,10-11H2,1-3H3,(H,23,27). The van der Waals surface area contributed by atoms with Crippen LogP contribution in [-0.2, 0) is 18.3 Å². The highest BCUT2D eigenvalue weighted by Gasteiger charge is 2.37. The normalized spacial score (nSPS) is 23.1. The Morgan fingerprint density at radius 3 is 2.89 bits per heavy atom. The van der Waals surface area contributed by atoms with Gasteiger partial charge in [0.1, 0.15) is 5.82 Å². The number of aromatic nitrogens is 1. The van der Waals surface area contributed by atoms with E-state index in [4.69, 9.17) is 0 Å². The molecule has 144 valence electrons.